The number of nitrogens with one attached hydrogen (secondary N) is 1. The SMILES string of the molecule is COc1ccc(CN(C(=O)C(C)C)C(C(=O)NCCC(C)C)c2ccccc2)cc1. The molecule has 0 heterocycles. The van der Waals surface area contributed by atoms with E-state index < -0.39 is 6.04 Å². The second kappa shape index (κ2) is 11.4. The largest absolute Gasteiger partial charge is 0.497 e. The van der Waals surface area contributed by atoms with Gasteiger partial charge in [-0.2, -0.15) is 0 Å². The van der Waals surface area contributed by atoms with E-state index in [1.165, 1.54) is 0 Å². The molecule has 30 heavy (non-hydrogen) atoms. The molecule has 2 aromatic carbocycles. The van der Waals surface area contributed by atoms with E-state index in [1.54, 1.807) is 12.0 Å². The van der Waals surface area contributed by atoms with E-state index in [9.17, 15) is 9.59 Å². The summed E-state index contributed by atoms with van der Waals surface area (Å²) in [5.74, 6) is 0.820. The molecule has 2 aromatic rings. The van der Waals surface area contributed by atoms with Gasteiger partial charge in [-0.05, 0) is 35.6 Å². The fourth-order valence-corrected chi connectivity index (χ4v) is 3.24. The Balaban J connectivity index is 2.37. The number of methoxy groups -OCH3 is 1. The maximum absolute atomic E-state index is 13.3. The molecule has 0 aliphatic carbocycles. The van der Waals surface area contributed by atoms with Crippen LogP contribution in [0.5, 0.6) is 5.75 Å². The van der Waals surface area contributed by atoms with Crippen LogP contribution in [-0.2, 0) is 16.1 Å². The van der Waals surface area contributed by atoms with Gasteiger partial charge < -0.3 is 15.0 Å². The lowest BCUT2D eigenvalue weighted by Gasteiger charge is -2.33. The average Bonchev–Trinajstić information content (AvgIpc) is 2.73. The van der Waals surface area contributed by atoms with Crippen LogP contribution in [0, 0.1) is 11.8 Å². The number of hydrogen-bond acceptors (Lipinski definition) is 3. The minimum absolute atomic E-state index is 0.0568. The molecule has 0 spiro atoms. The third kappa shape index (κ3) is 6.61. The first-order chi connectivity index (χ1) is 14.3. The summed E-state index contributed by atoms with van der Waals surface area (Å²) in [6, 6.07) is 16.4. The number of carbonyl (C=O) groups excluding carboxylic acids is 2. The molecule has 0 aliphatic rings. The summed E-state index contributed by atoms with van der Waals surface area (Å²) in [7, 11) is 1.62. The topological polar surface area (TPSA) is 58.6 Å². The van der Waals surface area contributed by atoms with Crippen molar-refractivity contribution in [2.45, 2.75) is 46.7 Å². The Morgan fingerprint density at radius 1 is 0.967 bits per heavy atom. The Kier molecular flexibility index (Phi) is 8.90. The second-order valence-electron chi connectivity index (χ2n) is 8.26. The van der Waals surface area contributed by atoms with E-state index >= 15 is 0 Å². The first-order valence-corrected chi connectivity index (χ1v) is 10.6. The summed E-state index contributed by atoms with van der Waals surface area (Å²) >= 11 is 0. The monoisotopic (exact) mass is 410 g/mol. The molecule has 2 amide bonds. The van der Waals surface area contributed by atoms with Crippen molar-refractivity contribution in [1.29, 1.82) is 0 Å². The van der Waals surface area contributed by atoms with Crippen LogP contribution in [0.3, 0.4) is 0 Å². The van der Waals surface area contributed by atoms with Crippen molar-refractivity contribution >= 4 is 11.8 Å². The Hall–Kier alpha value is -2.82. The molecule has 162 valence electrons. The Morgan fingerprint density at radius 3 is 2.13 bits per heavy atom. The Bertz CT molecular complexity index is 801. The van der Waals surface area contributed by atoms with Crippen LogP contribution in [0.2, 0.25) is 0 Å². The van der Waals surface area contributed by atoms with Crippen LogP contribution in [0.25, 0.3) is 0 Å². The van der Waals surface area contributed by atoms with Gasteiger partial charge >= 0.3 is 0 Å². The Labute approximate surface area is 180 Å². The van der Waals surface area contributed by atoms with E-state index in [2.05, 4.69) is 19.2 Å². The molecule has 2 rings (SSSR count). The van der Waals surface area contributed by atoms with Crippen LogP contribution < -0.4 is 10.1 Å². The number of ether oxygens (including phenoxy) is 1. The number of benzene rings is 2. The number of hydrogen-bond donors (Lipinski definition) is 1. The van der Waals surface area contributed by atoms with Crippen LogP contribution in [0.4, 0.5) is 0 Å². The van der Waals surface area contributed by atoms with Gasteiger partial charge in [-0.15, -0.1) is 0 Å². The molecule has 0 saturated heterocycles. The standard InChI is InChI=1S/C25H34N2O3/c1-18(2)15-16-26-24(28)23(21-9-7-6-8-10-21)27(25(29)19(3)4)17-20-11-13-22(30-5)14-12-20/h6-14,18-19,23H,15-17H2,1-5H3,(H,26,28). The lowest BCUT2D eigenvalue weighted by Crippen LogP contribution is -2.45. The molecule has 1 N–H and O–H groups in total. The van der Waals surface area contributed by atoms with Gasteiger partial charge in [-0.3, -0.25) is 9.59 Å². The predicted molar refractivity (Wildman–Crippen MR) is 120 cm³/mol. The van der Waals surface area contributed by atoms with Crippen molar-refractivity contribution < 1.29 is 14.3 Å². The summed E-state index contributed by atoms with van der Waals surface area (Å²) < 4.78 is 5.23. The molecule has 0 saturated carbocycles. The summed E-state index contributed by atoms with van der Waals surface area (Å²) in [6.07, 6.45) is 0.893. The zero-order chi connectivity index (χ0) is 22.1. The van der Waals surface area contributed by atoms with Gasteiger partial charge in [0.25, 0.3) is 0 Å². The lowest BCUT2D eigenvalue weighted by atomic mass is 10.0. The second-order valence-corrected chi connectivity index (χ2v) is 8.26. The number of rotatable bonds is 10. The van der Waals surface area contributed by atoms with E-state index in [1.807, 2.05) is 68.4 Å². The van der Waals surface area contributed by atoms with Crippen LogP contribution in [0.1, 0.15) is 51.3 Å². The van der Waals surface area contributed by atoms with E-state index in [-0.39, 0.29) is 17.7 Å². The highest BCUT2D eigenvalue weighted by molar-refractivity contribution is 5.89. The summed E-state index contributed by atoms with van der Waals surface area (Å²) in [5, 5.41) is 3.04. The number of amides is 2. The molecule has 5 heteroatoms. The molecule has 1 atom stereocenters. The van der Waals surface area contributed by atoms with Crippen LogP contribution in [0.15, 0.2) is 54.6 Å². The third-order valence-electron chi connectivity index (χ3n) is 4.99. The van der Waals surface area contributed by atoms with E-state index in [4.69, 9.17) is 4.74 Å². The van der Waals surface area contributed by atoms with Crippen molar-refractivity contribution in [2.75, 3.05) is 13.7 Å². The van der Waals surface area contributed by atoms with Crippen molar-refractivity contribution in [3.8, 4) is 5.75 Å². The molecular formula is C25H34N2O3. The zero-order valence-electron chi connectivity index (χ0n) is 18.7. The van der Waals surface area contributed by atoms with Gasteiger partial charge in [-0.1, -0.05) is 70.2 Å². The summed E-state index contributed by atoms with van der Waals surface area (Å²) in [5.41, 5.74) is 1.75. The molecule has 0 radical (unpaired) electrons. The van der Waals surface area contributed by atoms with Crippen molar-refractivity contribution in [3.05, 3.63) is 65.7 Å². The van der Waals surface area contributed by atoms with Gasteiger partial charge in [0, 0.05) is 19.0 Å². The van der Waals surface area contributed by atoms with Crippen molar-refractivity contribution in [3.63, 3.8) is 0 Å². The quantitative estimate of drug-likeness (QED) is 0.624. The minimum atomic E-state index is -0.685. The maximum atomic E-state index is 13.3. The summed E-state index contributed by atoms with van der Waals surface area (Å²) in [6.45, 7) is 8.91. The van der Waals surface area contributed by atoms with E-state index in [0.717, 1.165) is 23.3 Å². The molecule has 5 nitrogen and oxygen atoms in total. The Morgan fingerprint density at radius 2 is 1.60 bits per heavy atom. The highest BCUT2D eigenvalue weighted by Gasteiger charge is 2.32. The first-order valence-electron chi connectivity index (χ1n) is 10.6. The summed E-state index contributed by atoms with van der Waals surface area (Å²) in [4.78, 5) is 28.1. The molecular weight excluding hydrogens is 376 g/mol. The molecule has 0 bridgehead atoms. The first kappa shape index (κ1) is 23.5. The highest BCUT2D eigenvalue weighted by Crippen LogP contribution is 2.26. The molecule has 0 aromatic heterocycles. The van der Waals surface area contributed by atoms with Crippen molar-refractivity contribution in [2.24, 2.45) is 11.8 Å². The van der Waals surface area contributed by atoms with Crippen molar-refractivity contribution in [1.82, 2.24) is 10.2 Å². The fraction of sp³-hybridized carbons (Fsp3) is 0.440. The predicted octanol–water partition coefficient (Wildman–Crippen LogP) is 4.58. The normalized spacial score (nSPS) is 12.0. The average molecular weight is 411 g/mol. The number of carbonyl (C=O) groups is 2. The maximum Gasteiger partial charge on any atom is 0.247 e. The highest BCUT2D eigenvalue weighted by atomic mass is 16.5. The molecule has 0 aliphatic heterocycles. The lowest BCUT2D eigenvalue weighted by molar-refractivity contribution is -0.144. The van der Waals surface area contributed by atoms with Gasteiger partial charge in [0.15, 0.2) is 0 Å². The third-order valence-corrected chi connectivity index (χ3v) is 4.99. The van der Waals surface area contributed by atoms with Crippen LogP contribution in [-0.4, -0.2) is 30.4 Å². The van der Waals surface area contributed by atoms with Gasteiger partial charge in [0.2, 0.25) is 11.8 Å². The van der Waals surface area contributed by atoms with Gasteiger partial charge in [0.05, 0.1) is 7.11 Å². The smallest absolute Gasteiger partial charge is 0.247 e. The molecule has 1 unspecified atom stereocenters. The fourth-order valence-electron chi connectivity index (χ4n) is 3.24. The molecule has 0 fully saturated rings. The van der Waals surface area contributed by atoms with Gasteiger partial charge in [0.1, 0.15) is 11.8 Å². The van der Waals surface area contributed by atoms with Crippen LogP contribution >= 0.6 is 0 Å². The number of nitrogens with zero attached hydrogens (tertiary/aromatic N) is 1. The van der Waals surface area contributed by atoms with Gasteiger partial charge in [-0.25, -0.2) is 0 Å². The zero-order valence-corrected chi connectivity index (χ0v) is 18.7. The van der Waals surface area contributed by atoms with E-state index in [0.29, 0.717) is 19.0 Å². The minimum Gasteiger partial charge on any atom is -0.497 e.